The molecule has 0 unspecified atom stereocenters. The van der Waals surface area contributed by atoms with E-state index in [0.29, 0.717) is 7.18 Å². The minimum atomic E-state index is 0. The molecule has 8 heavy (non-hydrogen) atoms. The molecule has 2 heteroatoms. The van der Waals surface area contributed by atoms with Gasteiger partial charge >= 0.3 is 0 Å². The van der Waals surface area contributed by atoms with Crippen LogP contribution >= 0.6 is 0 Å². The Bertz CT molecular complexity index is 8.49. The van der Waals surface area contributed by atoms with Crippen LogP contribution in [0.15, 0.2) is 0 Å². The largest absolute Gasteiger partial charge is 0.358 e. The predicted octanol–water partition coefficient (Wildman–Crippen LogP) is 2.90. The topological polar surface area (TPSA) is 0 Å². The summed E-state index contributed by atoms with van der Waals surface area (Å²) in [6, 6.07) is 0. The molecule has 0 aromatic heterocycles. The van der Waals surface area contributed by atoms with Gasteiger partial charge in [-0.3, -0.25) is 4.39 Å². The number of halogens is 1. The fourth-order valence-corrected chi connectivity index (χ4v) is 0. The van der Waals surface area contributed by atoms with Gasteiger partial charge in [0.15, 0.2) is 0 Å². The van der Waals surface area contributed by atoms with Gasteiger partial charge in [-0.2, -0.15) is 6.92 Å². The smallest absolute Gasteiger partial charge is 0.0785 e. The second-order valence-corrected chi connectivity index (χ2v) is 0. The van der Waals surface area contributed by atoms with Crippen LogP contribution in [0.2, 0.25) is 0 Å². The molecule has 53 valence electrons. The summed E-state index contributed by atoms with van der Waals surface area (Å²) in [5.74, 6) is 0. The maximum absolute atomic E-state index is 9.50. The van der Waals surface area contributed by atoms with E-state index in [2.05, 4.69) is 6.92 Å². The van der Waals surface area contributed by atoms with Crippen molar-refractivity contribution in [2.45, 2.75) is 20.8 Å². The standard InChI is InChI=1S/C2H6.C2H5.CH3F.CH3.Y/c3*1-2;;/h1-2H3;1H2,2H3;1H3;1H3;/q;-1;;-1;. The molecular weight excluding hydrogens is 180 g/mol. The summed E-state index contributed by atoms with van der Waals surface area (Å²) in [4.78, 5) is 0. The van der Waals surface area contributed by atoms with Crippen molar-refractivity contribution in [2.75, 3.05) is 7.18 Å². The third-order valence-electron chi connectivity index (χ3n) is 0. The van der Waals surface area contributed by atoms with Crippen LogP contribution < -0.4 is 0 Å². The van der Waals surface area contributed by atoms with Crippen molar-refractivity contribution in [3.05, 3.63) is 14.4 Å². The second-order valence-electron chi connectivity index (χ2n) is 0. The summed E-state index contributed by atoms with van der Waals surface area (Å²) >= 11 is 0. The molecular formula is C6H17FY-2. The van der Waals surface area contributed by atoms with Gasteiger partial charge in [-0.15, -0.1) is 0 Å². The molecule has 0 atom stereocenters. The molecule has 0 N–H and O–H groups in total. The monoisotopic (exact) mass is 197 g/mol. The van der Waals surface area contributed by atoms with Crippen LogP contribution in [0.5, 0.6) is 0 Å². The van der Waals surface area contributed by atoms with Gasteiger partial charge in [0.05, 0.1) is 7.18 Å². The molecule has 0 rings (SSSR count). The molecule has 0 aliphatic heterocycles. The van der Waals surface area contributed by atoms with E-state index in [4.69, 9.17) is 0 Å². The molecule has 0 saturated carbocycles. The second kappa shape index (κ2) is 372. The van der Waals surface area contributed by atoms with Crippen LogP contribution in [0.25, 0.3) is 0 Å². The van der Waals surface area contributed by atoms with Crippen molar-refractivity contribution >= 4 is 0 Å². The molecule has 0 aliphatic carbocycles. The molecule has 0 aromatic rings. The van der Waals surface area contributed by atoms with Crippen molar-refractivity contribution in [1.29, 1.82) is 0 Å². The van der Waals surface area contributed by atoms with Crippen LogP contribution in [0.3, 0.4) is 0 Å². The summed E-state index contributed by atoms with van der Waals surface area (Å²) in [7, 11) is 0.500. The molecule has 0 amide bonds. The van der Waals surface area contributed by atoms with Gasteiger partial charge in [0.2, 0.25) is 0 Å². The summed E-state index contributed by atoms with van der Waals surface area (Å²) in [5.41, 5.74) is 0. The molecule has 0 heterocycles. The van der Waals surface area contributed by atoms with E-state index >= 15 is 0 Å². The third kappa shape index (κ3) is 240. The third-order valence-corrected chi connectivity index (χ3v) is 0. The van der Waals surface area contributed by atoms with E-state index in [0.717, 1.165) is 0 Å². The van der Waals surface area contributed by atoms with Gasteiger partial charge in [0.25, 0.3) is 0 Å². The normalized spacial score (nSPS) is 2.25. The van der Waals surface area contributed by atoms with Gasteiger partial charge in [-0.25, -0.2) is 0 Å². The van der Waals surface area contributed by atoms with E-state index in [1.54, 1.807) is 6.92 Å². The average molecular weight is 197 g/mol. The van der Waals surface area contributed by atoms with Crippen LogP contribution in [0.4, 0.5) is 4.39 Å². The summed E-state index contributed by atoms with van der Waals surface area (Å²) in [5, 5.41) is 0. The van der Waals surface area contributed by atoms with Gasteiger partial charge < -0.3 is 14.4 Å². The van der Waals surface area contributed by atoms with E-state index in [9.17, 15) is 4.39 Å². The maximum Gasteiger partial charge on any atom is 0.0785 e. The van der Waals surface area contributed by atoms with Crippen molar-refractivity contribution in [2.24, 2.45) is 0 Å². The zero-order chi connectivity index (χ0) is 6.00. The van der Waals surface area contributed by atoms with Crippen molar-refractivity contribution in [3.63, 3.8) is 0 Å². The van der Waals surface area contributed by atoms with Crippen LogP contribution in [-0.4, -0.2) is 7.18 Å². The Kier molecular flexibility index (Phi) is 1670. The van der Waals surface area contributed by atoms with Crippen molar-refractivity contribution in [3.8, 4) is 0 Å². The molecule has 0 aromatic carbocycles. The molecule has 0 saturated heterocycles. The number of alkyl halides is 1. The van der Waals surface area contributed by atoms with E-state index in [-0.39, 0.29) is 40.1 Å². The Hall–Kier alpha value is 1.03. The Labute approximate surface area is 79.1 Å². The van der Waals surface area contributed by atoms with Crippen LogP contribution in [0, 0.1) is 14.4 Å². The van der Waals surface area contributed by atoms with Crippen LogP contribution in [0.1, 0.15) is 20.8 Å². The Balaban J connectivity index is -0.00000000500. The molecule has 0 aliphatic rings. The van der Waals surface area contributed by atoms with E-state index in [1.165, 1.54) is 0 Å². The van der Waals surface area contributed by atoms with Crippen LogP contribution in [-0.2, 0) is 32.7 Å². The molecule has 1 radical (unpaired) electrons. The van der Waals surface area contributed by atoms with Crippen molar-refractivity contribution in [1.82, 2.24) is 0 Å². The quantitative estimate of drug-likeness (QED) is 0.524. The fraction of sp³-hybridized carbons (Fsp3) is 0.667. The van der Waals surface area contributed by atoms with Gasteiger partial charge in [0, 0.05) is 32.7 Å². The Morgan fingerprint density at radius 2 is 1.00 bits per heavy atom. The fourth-order valence-electron chi connectivity index (χ4n) is 0. The molecule has 0 fully saturated rings. The van der Waals surface area contributed by atoms with E-state index in [1.807, 2.05) is 13.8 Å². The van der Waals surface area contributed by atoms with Gasteiger partial charge in [-0.05, 0) is 0 Å². The van der Waals surface area contributed by atoms with E-state index < -0.39 is 0 Å². The molecule has 0 nitrogen and oxygen atoms in total. The molecule has 0 spiro atoms. The minimum Gasteiger partial charge on any atom is -0.358 e. The first-order valence-electron chi connectivity index (χ1n) is 2.09. The summed E-state index contributed by atoms with van der Waals surface area (Å²) in [6.07, 6.45) is 0. The first-order chi connectivity index (χ1) is 3.00. The zero-order valence-electron chi connectivity index (χ0n) is 6.66. The van der Waals surface area contributed by atoms with Gasteiger partial charge in [0.1, 0.15) is 0 Å². The average Bonchev–Trinajstić information content (AvgIpc) is 1.81. The summed E-state index contributed by atoms with van der Waals surface area (Å²) in [6.45, 7) is 9.00. The SMILES string of the molecule is CC.CF.[CH2-]C.[CH3-].[Y]. The number of rotatable bonds is 0. The first kappa shape index (κ1) is 35.8. The Morgan fingerprint density at radius 3 is 1.00 bits per heavy atom. The Morgan fingerprint density at radius 1 is 1.00 bits per heavy atom. The predicted molar refractivity (Wildman–Crippen MR) is 35.8 cm³/mol. The van der Waals surface area contributed by atoms with Crippen molar-refractivity contribution < 1.29 is 37.1 Å². The molecule has 0 bridgehead atoms. The minimum absolute atomic E-state index is 0. The number of hydrogen-bond acceptors (Lipinski definition) is 0. The summed E-state index contributed by atoms with van der Waals surface area (Å²) < 4.78 is 9.50. The number of hydrogen-bond donors (Lipinski definition) is 0. The zero-order valence-corrected chi connectivity index (χ0v) is 9.50. The maximum atomic E-state index is 9.50. The van der Waals surface area contributed by atoms with Gasteiger partial charge in [-0.1, -0.05) is 13.8 Å². The first-order valence-corrected chi connectivity index (χ1v) is 2.09.